The molecule has 1 aromatic rings. The number of nitrogens with zero attached hydrogens (tertiary/aromatic N) is 4. The van der Waals surface area contributed by atoms with Crippen LogP contribution in [0.15, 0.2) is 17.2 Å². The molecule has 6 nitrogen and oxygen atoms in total. The van der Waals surface area contributed by atoms with Crippen molar-refractivity contribution in [2.75, 3.05) is 31.9 Å². The second-order valence-corrected chi connectivity index (χ2v) is 4.54. The first-order valence-corrected chi connectivity index (χ1v) is 6.08. The first kappa shape index (κ1) is 12.7. The number of hydrogen-bond donors (Lipinski definition) is 2. The Bertz CT molecular complexity index is 472. The molecule has 0 bridgehead atoms. The van der Waals surface area contributed by atoms with Crippen molar-refractivity contribution in [2.45, 2.75) is 13.5 Å². The fraction of sp³-hybridized carbons (Fsp3) is 0.500. The third-order valence-electron chi connectivity index (χ3n) is 3.25. The number of nitrogens with two attached hydrogens (primary N) is 1. The van der Waals surface area contributed by atoms with E-state index in [1.54, 1.807) is 0 Å². The number of anilines is 1. The van der Waals surface area contributed by atoms with E-state index >= 15 is 0 Å². The zero-order valence-corrected chi connectivity index (χ0v) is 10.6. The van der Waals surface area contributed by atoms with E-state index in [-0.39, 0.29) is 0 Å². The van der Waals surface area contributed by atoms with E-state index in [0.29, 0.717) is 11.4 Å². The molecule has 0 spiro atoms. The highest BCUT2D eigenvalue weighted by molar-refractivity contribution is 5.62. The summed E-state index contributed by atoms with van der Waals surface area (Å²) in [5, 5.41) is 7.01. The van der Waals surface area contributed by atoms with Gasteiger partial charge in [0, 0.05) is 49.0 Å². The molecule has 1 aromatic carbocycles. The highest BCUT2D eigenvalue weighted by atomic mass is 15.2. The molecule has 18 heavy (non-hydrogen) atoms. The molecule has 1 aliphatic rings. The van der Waals surface area contributed by atoms with Crippen LogP contribution >= 0.6 is 0 Å². The average Bonchev–Trinajstić information content (AvgIpc) is 2.37. The summed E-state index contributed by atoms with van der Waals surface area (Å²) in [7, 11) is 0. The van der Waals surface area contributed by atoms with Crippen LogP contribution in [0.4, 0.5) is 11.4 Å². The van der Waals surface area contributed by atoms with Crippen molar-refractivity contribution in [2.24, 2.45) is 5.11 Å². The number of piperazine rings is 1. The van der Waals surface area contributed by atoms with Crippen LogP contribution in [0.1, 0.15) is 11.1 Å². The maximum atomic E-state index is 8.55. The number of benzene rings is 1. The molecule has 0 unspecified atom stereocenters. The predicted octanol–water partition coefficient (Wildman–Crippen LogP) is 1.92. The van der Waals surface area contributed by atoms with Crippen LogP contribution < -0.4 is 11.1 Å². The van der Waals surface area contributed by atoms with Crippen LogP contribution in [0.3, 0.4) is 0 Å². The fourth-order valence-corrected chi connectivity index (χ4v) is 2.15. The van der Waals surface area contributed by atoms with E-state index in [2.05, 4.69) is 20.2 Å². The molecule has 96 valence electrons. The number of azide groups is 1. The monoisotopic (exact) mass is 246 g/mol. The van der Waals surface area contributed by atoms with Crippen LogP contribution in [0.2, 0.25) is 0 Å². The van der Waals surface area contributed by atoms with Crippen molar-refractivity contribution in [3.8, 4) is 0 Å². The van der Waals surface area contributed by atoms with Gasteiger partial charge in [0.2, 0.25) is 0 Å². The van der Waals surface area contributed by atoms with Gasteiger partial charge in [-0.25, -0.2) is 0 Å². The van der Waals surface area contributed by atoms with Gasteiger partial charge in [0.1, 0.15) is 0 Å². The lowest BCUT2D eigenvalue weighted by molar-refractivity contribution is 0.233. The van der Waals surface area contributed by atoms with E-state index in [4.69, 9.17) is 11.3 Å². The van der Waals surface area contributed by atoms with Crippen molar-refractivity contribution in [1.82, 2.24) is 10.2 Å². The van der Waals surface area contributed by atoms with Crippen molar-refractivity contribution in [1.29, 1.82) is 0 Å². The third kappa shape index (κ3) is 2.92. The number of nitrogen functional groups attached to an aromatic ring is 1. The fourth-order valence-electron chi connectivity index (χ4n) is 2.15. The second kappa shape index (κ2) is 5.73. The van der Waals surface area contributed by atoms with Gasteiger partial charge in [-0.2, -0.15) is 0 Å². The molecule has 0 radical (unpaired) electrons. The first-order chi connectivity index (χ1) is 8.70. The van der Waals surface area contributed by atoms with Crippen molar-refractivity contribution < 1.29 is 0 Å². The summed E-state index contributed by atoms with van der Waals surface area (Å²) in [6.45, 7) is 6.82. The molecule has 3 N–H and O–H groups in total. The van der Waals surface area contributed by atoms with E-state index < -0.39 is 0 Å². The van der Waals surface area contributed by atoms with Crippen LogP contribution in [0.5, 0.6) is 0 Å². The summed E-state index contributed by atoms with van der Waals surface area (Å²) < 4.78 is 0. The van der Waals surface area contributed by atoms with Crippen LogP contribution in [-0.2, 0) is 6.54 Å². The van der Waals surface area contributed by atoms with Crippen molar-refractivity contribution in [3.63, 3.8) is 0 Å². The predicted molar refractivity (Wildman–Crippen MR) is 72.5 cm³/mol. The van der Waals surface area contributed by atoms with Crippen LogP contribution in [0, 0.1) is 6.92 Å². The lowest BCUT2D eigenvalue weighted by atomic mass is 10.1. The number of nitrogens with one attached hydrogen (secondary N) is 1. The standard InChI is InChI=1S/C12H18N6/c1-9-11(13)6-10(7-12(9)16-17-14)8-18-4-2-15-3-5-18/h6-7,15H,2-5,8,13H2,1H3. The zero-order valence-electron chi connectivity index (χ0n) is 10.6. The van der Waals surface area contributed by atoms with Gasteiger partial charge in [-0.15, -0.1) is 0 Å². The molecular formula is C12H18N6. The van der Waals surface area contributed by atoms with Crippen LogP contribution in [-0.4, -0.2) is 31.1 Å². The minimum atomic E-state index is 0.627. The summed E-state index contributed by atoms with van der Waals surface area (Å²) in [5.41, 5.74) is 17.7. The smallest absolute Gasteiger partial charge is 0.0428 e. The normalized spacial score (nSPS) is 16.3. The quantitative estimate of drug-likeness (QED) is 0.369. The summed E-state index contributed by atoms with van der Waals surface area (Å²) >= 11 is 0. The third-order valence-corrected chi connectivity index (χ3v) is 3.25. The van der Waals surface area contributed by atoms with E-state index in [9.17, 15) is 0 Å². The van der Waals surface area contributed by atoms with Gasteiger partial charge in [0.25, 0.3) is 0 Å². The molecule has 0 amide bonds. The molecule has 0 saturated carbocycles. The maximum Gasteiger partial charge on any atom is 0.0428 e. The van der Waals surface area contributed by atoms with Gasteiger partial charge in [0.15, 0.2) is 0 Å². The highest BCUT2D eigenvalue weighted by Gasteiger charge is 2.11. The Morgan fingerprint density at radius 2 is 2.17 bits per heavy atom. The molecule has 0 aromatic heterocycles. The molecule has 0 aliphatic carbocycles. The average molecular weight is 246 g/mol. The molecule has 2 rings (SSSR count). The molecule has 6 heteroatoms. The molecule has 1 saturated heterocycles. The maximum absolute atomic E-state index is 8.55. The zero-order chi connectivity index (χ0) is 13.0. The molecule has 1 fully saturated rings. The summed E-state index contributed by atoms with van der Waals surface area (Å²) in [5.74, 6) is 0. The van der Waals surface area contributed by atoms with Gasteiger partial charge < -0.3 is 11.1 Å². The van der Waals surface area contributed by atoms with Gasteiger partial charge in [0.05, 0.1) is 0 Å². The topological polar surface area (TPSA) is 90.0 Å². The van der Waals surface area contributed by atoms with E-state index in [1.165, 1.54) is 0 Å². The Morgan fingerprint density at radius 3 is 2.83 bits per heavy atom. The van der Waals surface area contributed by atoms with Crippen molar-refractivity contribution in [3.05, 3.63) is 33.7 Å². The summed E-state index contributed by atoms with van der Waals surface area (Å²) in [6, 6.07) is 3.89. The highest BCUT2D eigenvalue weighted by Crippen LogP contribution is 2.27. The van der Waals surface area contributed by atoms with Gasteiger partial charge in [-0.3, -0.25) is 4.90 Å². The molecule has 1 heterocycles. The van der Waals surface area contributed by atoms with E-state index in [0.717, 1.165) is 43.9 Å². The molecular weight excluding hydrogens is 228 g/mol. The Balaban J connectivity index is 2.19. The minimum absolute atomic E-state index is 0.627. The largest absolute Gasteiger partial charge is 0.398 e. The van der Waals surface area contributed by atoms with Crippen molar-refractivity contribution >= 4 is 11.4 Å². The SMILES string of the molecule is Cc1c(N)cc(CN2CCNCC2)cc1N=[N+]=[N-]. The van der Waals surface area contributed by atoms with Gasteiger partial charge in [-0.1, -0.05) is 5.11 Å². The Labute approximate surface area is 106 Å². The Kier molecular flexibility index (Phi) is 4.04. The summed E-state index contributed by atoms with van der Waals surface area (Å²) in [4.78, 5) is 5.20. The number of rotatable bonds is 3. The second-order valence-electron chi connectivity index (χ2n) is 4.54. The molecule has 1 aliphatic heterocycles. The van der Waals surface area contributed by atoms with Gasteiger partial charge >= 0.3 is 0 Å². The lowest BCUT2D eigenvalue weighted by Crippen LogP contribution is -2.42. The van der Waals surface area contributed by atoms with Gasteiger partial charge in [-0.05, 0) is 35.7 Å². The number of hydrogen-bond acceptors (Lipinski definition) is 4. The summed E-state index contributed by atoms with van der Waals surface area (Å²) in [6.07, 6.45) is 0. The first-order valence-electron chi connectivity index (χ1n) is 6.08. The van der Waals surface area contributed by atoms with E-state index in [1.807, 2.05) is 19.1 Å². The lowest BCUT2D eigenvalue weighted by Gasteiger charge is -2.27. The van der Waals surface area contributed by atoms with Crippen LogP contribution in [0.25, 0.3) is 10.4 Å². The molecule has 0 atom stereocenters. The minimum Gasteiger partial charge on any atom is -0.398 e. The Morgan fingerprint density at radius 1 is 1.44 bits per heavy atom. The Hall–Kier alpha value is -1.75.